The molecular formula is C15H24FNO3. The van der Waals surface area contributed by atoms with Crippen molar-refractivity contribution in [2.75, 3.05) is 27.5 Å². The van der Waals surface area contributed by atoms with Gasteiger partial charge >= 0.3 is 0 Å². The van der Waals surface area contributed by atoms with Crippen molar-refractivity contribution >= 4 is 0 Å². The summed E-state index contributed by atoms with van der Waals surface area (Å²) in [6.07, 6.45) is 0.350. The minimum atomic E-state index is -0.402. The number of methoxy groups -OCH3 is 2. The van der Waals surface area contributed by atoms with E-state index in [0.29, 0.717) is 36.3 Å². The van der Waals surface area contributed by atoms with Crippen molar-refractivity contribution in [2.45, 2.75) is 32.9 Å². The van der Waals surface area contributed by atoms with Gasteiger partial charge in [0.15, 0.2) is 11.5 Å². The fourth-order valence-electron chi connectivity index (χ4n) is 1.73. The fourth-order valence-corrected chi connectivity index (χ4v) is 1.73. The third kappa shape index (κ3) is 4.89. The molecule has 1 aromatic carbocycles. The summed E-state index contributed by atoms with van der Waals surface area (Å²) in [5, 5.41) is 3.33. The number of rotatable bonds is 9. The maximum absolute atomic E-state index is 12.2. The third-order valence-electron chi connectivity index (χ3n) is 2.76. The Labute approximate surface area is 120 Å². The van der Waals surface area contributed by atoms with E-state index in [1.807, 2.05) is 12.1 Å². The van der Waals surface area contributed by atoms with E-state index in [1.54, 1.807) is 14.2 Å². The molecule has 4 nitrogen and oxygen atoms in total. The monoisotopic (exact) mass is 285 g/mol. The van der Waals surface area contributed by atoms with Crippen LogP contribution in [0.2, 0.25) is 0 Å². The smallest absolute Gasteiger partial charge is 0.203 e. The van der Waals surface area contributed by atoms with Crippen LogP contribution < -0.4 is 19.5 Å². The van der Waals surface area contributed by atoms with Crippen molar-refractivity contribution in [3.8, 4) is 17.2 Å². The molecule has 1 N–H and O–H groups in total. The molecule has 0 aromatic heterocycles. The van der Waals surface area contributed by atoms with Gasteiger partial charge in [-0.1, -0.05) is 13.8 Å². The van der Waals surface area contributed by atoms with Crippen LogP contribution in [0.4, 0.5) is 4.39 Å². The first kappa shape index (κ1) is 16.6. The molecule has 0 aliphatic carbocycles. The van der Waals surface area contributed by atoms with E-state index >= 15 is 0 Å². The first-order valence-corrected chi connectivity index (χ1v) is 6.79. The zero-order valence-electron chi connectivity index (χ0n) is 12.7. The van der Waals surface area contributed by atoms with Crippen LogP contribution in [0.3, 0.4) is 0 Å². The molecule has 0 heterocycles. The molecule has 0 saturated heterocycles. The van der Waals surface area contributed by atoms with E-state index in [0.717, 1.165) is 12.1 Å². The van der Waals surface area contributed by atoms with Gasteiger partial charge in [-0.25, -0.2) is 0 Å². The summed E-state index contributed by atoms with van der Waals surface area (Å²) in [6, 6.07) is 4.21. The standard InChI is InChI=1S/C15H24FNO3/c1-11(2)17-10-12-8-13(18-3)15(14(9-12)19-4)20-7-5-6-16/h8-9,11,17H,5-7,10H2,1-4H3. The lowest BCUT2D eigenvalue weighted by molar-refractivity contribution is 0.258. The normalized spacial score (nSPS) is 10.7. The van der Waals surface area contributed by atoms with E-state index in [1.165, 1.54) is 0 Å². The van der Waals surface area contributed by atoms with Crippen LogP contribution in [-0.4, -0.2) is 33.5 Å². The number of halogens is 1. The van der Waals surface area contributed by atoms with Gasteiger partial charge in [-0.3, -0.25) is 4.39 Å². The third-order valence-corrected chi connectivity index (χ3v) is 2.76. The zero-order valence-corrected chi connectivity index (χ0v) is 12.7. The first-order chi connectivity index (χ1) is 9.62. The van der Waals surface area contributed by atoms with Gasteiger partial charge in [0.1, 0.15) is 0 Å². The van der Waals surface area contributed by atoms with E-state index in [-0.39, 0.29) is 0 Å². The quantitative estimate of drug-likeness (QED) is 0.708. The van der Waals surface area contributed by atoms with Crippen molar-refractivity contribution in [2.24, 2.45) is 0 Å². The molecule has 1 rings (SSSR count). The molecule has 0 atom stereocenters. The van der Waals surface area contributed by atoms with Gasteiger partial charge in [-0.15, -0.1) is 0 Å². The Balaban J connectivity index is 2.92. The molecular weight excluding hydrogens is 261 g/mol. The lowest BCUT2D eigenvalue weighted by atomic mass is 10.1. The first-order valence-electron chi connectivity index (χ1n) is 6.79. The molecule has 0 aliphatic rings. The van der Waals surface area contributed by atoms with Gasteiger partial charge in [0.05, 0.1) is 27.5 Å². The summed E-state index contributed by atoms with van der Waals surface area (Å²) in [5.74, 6) is 1.73. The molecule has 0 aliphatic heterocycles. The second-order valence-corrected chi connectivity index (χ2v) is 4.76. The minimum absolute atomic E-state index is 0.298. The fraction of sp³-hybridized carbons (Fsp3) is 0.600. The van der Waals surface area contributed by atoms with E-state index in [2.05, 4.69) is 19.2 Å². The highest BCUT2D eigenvalue weighted by atomic mass is 19.1. The second-order valence-electron chi connectivity index (χ2n) is 4.76. The van der Waals surface area contributed by atoms with Crippen molar-refractivity contribution in [1.82, 2.24) is 5.32 Å². The second kappa shape index (κ2) is 8.64. The molecule has 1 aromatic rings. The van der Waals surface area contributed by atoms with Crippen molar-refractivity contribution in [3.05, 3.63) is 17.7 Å². The summed E-state index contributed by atoms with van der Waals surface area (Å²) in [6.45, 7) is 4.79. The van der Waals surface area contributed by atoms with Gasteiger partial charge in [0, 0.05) is 19.0 Å². The maximum atomic E-state index is 12.2. The number of benzene rings is 1. The SMILES string of the molecule is COc1cc(CNC(C)C)cc(OC)c1OCCCF. The van der Waals surface area contributed by atoms with Crippen LogP contribution >= 0.6 is 0 Å². The van der Waals surface area contributed by atoms with Gasteiger partial charge in [-0.2, -0.15) is 0 Å². The van der Waals surface area contributed by atoms with Crippen LogP contribution in [0.25, 0.3) is 0 Å². The molecule has 0 unspecified atom stereocenters. The maximum Gasteiger partial charge on any atom is 0.203 e. The molecule has 0 amide bonds. The van der Waals surface area contributed by atoms with Crippen LogP contribution in [-0.2, 0) is 6.54 Å². The summed E-state index contributed by atoms with van der Waals surface area (Å²) in [5.41, 5.74) is 1.05. The summed E-state index contributed by atoms with van der Waals surface area (Å²) in [7, 11) is 3.16. The van der Waals surface area contributed by atoms with E-state index in [4.69, 9.17) is 14.2 Å². The van der Waals surface area contributed by atoms with Gasteiger partial charge < -0.3 is 19.5 Å². The topological polar surface area (TPSA) is 39.7 Å². The van der Waals surface area contributed by atoms with Gasteiger partial charge in [-0.05, 0) is 17.7 Å². The van der Waals surface area contributed by atoms with Crippen molar-refractivity contribution in [1.29, 1.82) is 0 Å². The predicted octanol–water partition coefficient (Wildman–Crippen LogP) is 2.94. The molecule has 5 heteroatoms. The number of ether oxygens (including phenoxy) is 3. The largest absolute Gasteiger partial charge is 0.493 e. The molecule has 114 valence electrons. The Bertz CT molecular complexity index is 385. The van der Waals surface area contributed by atoms with Crippen LogP contribution in [0.15, 0.2) is 12.1 Å². The number of hydrogen-bond donors (Lipinski definition) is 1. The number of nitrogens with one attached hydrogen (secondary N) is 1. The lowest BCUT2D eigenvalue weighted by Crippen LogP contribution is -2.21. The predicted molar refractivity (Wildman–Crippen MR) is 77.6 cm³/mol. The van der Waals surface area contributed by atoms with E-state index in [9.17, 15) is 4.39 Å². The average Bonchev–Trinajstić information content (AvgIpc) is 2.45. The molecule has 0 radical (unpaired) electrons. The van der Waals surface area contributed by atoms with Crippen molar-refractivity contribution in [3.63, 3.8) is 0 Å². The number of hydrogen-bond acceptors (Lipinski definition) is 4. The number of alkyl halides is 1. The van der Waals surface area contributed by atoms with Crippen LogP contribution in [0, 0.1) is 0 Å². The highest BCUT2D eigenvalue weighted by molar-refractivity contribution is 5.53. The van der Waals surface area contributed by atoms with Gasteiger partial charge in [0.25, 0.3) is 0 Å². The lowest BCUT2D eigenvalue weighted by Gasteiger charge is -2.16. The zero-order chi connectivity index (χ0) is 15.0. The molecule has 0 spiro atoms. The molecule has 20 heavy (non-hydrogen) atoms. The molecule has 0 fully saturated rings. The van der Waals surface area contributed by atoms with Crippen LogP contribution in [0.1, 0.15) is 25.8 Å². The Hall–Kier alpha value is -1.49. The highest BCUT2D eigenvalue weighted by Gasteiger charge is 2.14. The summed E-state index contributed by atoms with van der Waals surface area (Å²) in [4.78, 5) is 0. The summed E-state index contributed by atoms with van der Waals surface area (Å²) < 4.78 is 28.4. The molecule has 0 saturated carbocycles. The Kier molecular flexibility index (Phi) is 7.15. The summed E-state index contributed by atoms with van der Waals surface area (Å²) >= 11 is 0. The van der Waals surface area contributed by atoms with Crippen LogP contribution in [0.5, 0.6) is 17.2 Å². The Morgan fingerprint density at radius 2 is 1.75 bits per heavy atom. The molecule has 0 bridgehead atoms. The highest BCUT2D eigenvalue weighted by Crippen LogP contribution is 2.38. The Morgan fingerprint density at radius 3 is 2.20 bits per heavy atom. The average molecular weight is 285 g/mol. The van der Waals surface area contributed by atoms with Gasteiger partial charge in [0.2, 0.25) is 5.75 Å². The van der Waals surface area contributed by atoms with Crippen molar-refractivity contribution < 1.29 is 18.6 Å². The Morgan fingerprint density at radius 1 is 1.15 bits per heavy atom. The minimum Gasteiger partial charge on any atom is -0.493 e. The van der Waals surface area contributed by atoms with E-state index < -0.39 is 6.67 Å².